The van der Waals surface area contributed by atoms with Gasteiger partial charge in [-0.3, -0.25) is 0 Å². The zero-order chi connectivity index (χ0) is 8.01. The molecule has 2 bridgehead atoms. The van der Waals surface area contributed by atoms with Crippen molar-refractivity contribution < 1.29 is 14.6 Å². The van der Waals surface area contributed by atoms with E-state index in [2.05, 4.69) is 0 Å². The molecular weight excluding hydrogens is 144 g/mol. The van der Waals surface area contributed by atoms with Crippen LogP contribution >= 0.6 is 0 Å². The van der Waals surface area contributed by atoms with Crippen molar-refractivity contribution in [1.29, 1.82) is 0 Å². The van der Waals surface area contributed by atoms with Crippen molar-refractivity contribution in [2.75, 3.05) is 6.61 Å². The highest BCUT2D eigenvalue weighted by molar-refractivity contribution is 4.88. The molecule has 0 spiro atoms. The molecule has 2 saturated heterocycles. The van der Waals surface area contributed by atoms with Gasteiger partial charge in [-0.05, 0) is 0 Å². The second-order valence-corrected chi connectivity index (χ2v) is 3.59. The van der Waals surface area contributed by atoms with Gasteiger partial charge in [-0.25, -0.2) is 0 Å². The fourth-order valence-electron chi connectivity index (χ4n) is 1.85. The zero-order valence-electron chi connectivity index (χ0n) is 6.86. The molecule has 0 aromatic rings. The average Bonchev–Trinajstić information content (AvgIpc) is 2.44. The molecule has 11 heavy (non-hydrogen) atoms. The fraction of sp³-hybridized carbons (Fsp3) is 1.00. The molecule has 3 heteroatoms. The minimum Gasteiger partial charge on any atom is -0.392 e. The van der Waals surface area contributed by atoms with Gasteiger partial charge < -0.3 is 14.6 Å². The normalized spacial score (nSPS) is 56.5. The molecule has 5 atom stereocenters. The highest BCUT2D eigenvalue weighted by Crippen LogP contribution is 2.35. The third-order valence-electron chi connectivity index (χ3n) is 2.83. The number of rotatable bonds is 0. The van der Waals surface area contributed by atoms with E-state index in [4.69, 9.17) is 9.47 Å². The Morgan fingerprint density at radius 3 is 2.73 bits per heavy atom. The minimum absolute atomic E-state index is 0.115. The lowest BCUT2D eigenvalue weighted by Crippen LogP contribution is -2.44. The third-order valence-corrected chi connectivity index (χ3v) is 2.83. The monoisotopic (exact) mass is 158 g/mol. The maximum atomic E-state index is 9.67. The van der Waals surface area contributed by atoms with Crippen molar-refractivity contribution in [2.45, 2.75) is 32.3 Å². The lowest BCUT2D eigenvalue weighted by Gasteiger charge is -2.34. The summed E-state index contributed by atoms with van der Waals surface area (Å²) in [6.45, 7) is 4.62. The summed E-state index contributed by atoms with van der Waals surface area (Å²) in [7, 11) is 0. The first kappa shape index (κ1) is 7.53. The van der Waals surface area contributed by atoms with Crippen LogP contribution in [0.25, 0.3) is 0 Å². The molecule has 0 amide bonds. The van der Waals surface area contributed by atoms with Gasteiger partial charge in [0.2, 0.25) is 0 Å². The predicted molar refractivity (Wildman–Crippen MR) is 38.9 cm³/mol. The number of aliphatic hydroxyl groups is 1. The van der Waals surface area contributed by atoms with E-state index in [0.29, 0.717) is 6.61 Å². The molecule has 64 valence electrons. The van der Waals surface area contributed by atoms with Gasteiger partial charge in [0.15, 0.2) is 6.29 Å². The van der Waals surface area contributed by atoms with Gasteiger partial charge in [0, 0.05) is 11.8 Å². The second kappa shape index (κ2) is 2.44. The molecule has 0 radical (unpaired) electrons. The average molecular weight is 158 g/mol. The summed E-state index contributed by atoms with van der Waals surface area (Å²) in [5, 5.41) is 9.67. The van der Waals surface area contributed by atoms with Crippen molar-refractivity contribution in [3.63, 3.8) is 0 Å². The van der Waals surface area contributed by atoms with E-state index in [1.807, 2.05) is 13.8 Å². The van der Waals surface area contributed by atoms with E-state index in [1.54, 1.807) is 0 Å². The molecule has 0 saturated carbocycles. The van der Waals surface area contributed by atoms with Crippen molar-refractivity contribution in [1.82, 2.24) is 0 Å². The van der Waals surface area contributed by atoms with Crippen LogP contribution in [0.15, 0.2) is 0 Å². The van der Waals surface area contributed by atoms with Crippen molar-refractivity contribution in [3.05, 3.63) is 0 Å². The van der Waals surface area contributed by atoms with Crippen LogP contribution in [0.3, 0.4) is 0 Å². The lowest BCUT2D eigenvalue weighted by atomic mass is 9.88. The molecule has 2 aliphatic rings. The van der Waals surface area contributed by atoms with Crippen molar-refractivity contribution in [3.8, 4) is 0 Å². The summed E-state index contributed by atoms with van der Waals surface area (Å²) in [4.78, 5) is 0. The summed E-state index contributed by atoms with van der Waals surface area (Å²) < 4.78 is 10.9. The Hall–Kier alpha value is -0.120. The quantitative estimate of drug-likeness (QED) is 0.553. The summed E-state index contributed by atoms with van der Waals surface area (Å²) in [6, 6.07) is 0. The number of hydrogen-bond acceptors (Lipinski definition) is 3. The van der Waals surface area contributed by atoms with E-state index in [1.165, 1.54) is 0 Å². The number of hydrogen-bond donors (Lipinski definition) is 1. The Labute approximate surface area is 66.3 Å². The van der Waals surface area contributed by atoms with E-state index in [9.17, 15) is 5.11 Å². The SMILES string of the molecule is C[C@H]1[C@@H]2OC[C@@H](O2)[C@@H](C)[C@@H]1O. The van der Waals surface area contributed by atoms with Gasteiger partial charge in [-0.2, -0.15) is 0 Å². The van der Waals surface area contributed by atoms with Gasteiger partial charge in [-0.1, -0.05) is 13.8 Å². The van der Waals surface area contributed by atoms with E-state index in [-0.39, 0.29) is 30.3 Å². The van der Waals surface area contributed by atoms with Crippen LogP contribution in [0.2, 0.25) is 0 Å². The largest absolute Gasteiger partial charge is 0.392 e. The highest BCUT2D eigenvalue weighted by atomic mass is 16.7. The van der Waals surface area contributed by atoms with Crippen LogP contribution in [-0.4, -0.2) is 30.2 Å². The van der Waals surface area contributed by atoms with Gasteiger partial charge >= 0.3 is 0 Å². The molecule has 2 heterocycles. The predicted octanol–water partition coefficient (Wildman–Crippen LogP) is 0.375. The summed E-state index contributed by atoms with van der Waals surface area (Å²) >= 11 is 0. The standard InChI is InChI=1S/C8H14O3/c1-4-6-3-10-8(11-6)5(2)7(4)9/h4-9H,3H2,1-2H3/t4-,5-,6-,7+,8-/m1/s1. The van der Waals surface area contributed by atoms with E-state index < -0.39 is 0 Å². The van der Waals surface area contributed by atoms with E-state index in [0.717, 1.165) is 0 Å². The Morgan fingerprint density at radius 2 is 2.00 bits per heavy atom. The van der Waals surface area contributed by atoms with Crippen LogP contribution in [0, 0.1) is 11.8 Å². The zero-order valence-corrected chi connectivity index (χ0v) is 6.86. The molecule has 3 nitrogen and oxygen atoms in total. The summed E-state index contributed by atoms with van der Waals surface area (Å²) in [5.41, 5.74) is 0. The molecule has 2 aliphatic heterocycles. The molecule has 2 rings (SSSR count). The summed E-state index contributed by atoms with van der Waals surface area (Å²) in [5.74, 6) is 0.326. The highest BCUT2D eigenvalue weighted by Gasteiger charge is 2.45. The molecule has 2 fully saturated rings. The Balaban J connectivity index is 2.16. The maximum absolute atomic E-state index is 9.67. The summed E-state index contributed by atoms with van der Waals surface area (Å²) in [6.07, 6.45) is -0.307. The first-order valence-electron chi connectivity index (χ1n) is 4.15. The van der Waals surface area contributed by atoms with Crippen LogP contribution in [0.4, 0.5) is 0 Å². The van der Waals surface area contributed by atoms with Crippen LogP contribution in [-0.2, 0) is 9.47 Å². The maximum Gasteiger partial charge on any atom is 0.163 e. The number of fused-ring (bicyclic) bond motifs is 2. The third kappa shape index (κ3) is 0.991. The van der Waals surface area contributed by atoms with E-state index >= 15 is 0 Å². The Kier molecular flexibility index (Phi) is 1.67. The molecule has 0 aliphatic carbocycles. The van der Waals surface area contributed by atoms with Crippen molar-refractivity contribution >= 4 is 0 Å². The van der Waals surface area contributed by atoms with Gasteiger partial charge in [0.1, 0.15) is 0 Å². The molecule has 0 aromatic heterocycles. The Bertz CT molecular complexity index is 139. The molecule has 1 N–H and O–H groups in total. The fourth-order valence-corrected chi connectivity index (χ4v) is 1.85. The van der Waals surface area contributed by atoms with Crippen molar-refractivity contribution in [2.24, 2.45) is 11.8 Å². The molecule has 0 aromatic carbocycles. The topological polar surface area (TPSA) is 38.7 Å². The lowest BCUT2D eigenvalue weighted by molar-refractivity contribution is -0.175. The van der Waals surface area contributed by atoms with Crippen LogP contribution < -0.4 is 0 Å². The van der Waals surface area contributed by atoms with Gasteiger partial charge in [-0.15, -0.1) is 0 Å². The van der Waals surface area contributed by atoms with Gasteiger partial charge in [0.05, 0.1) is 18.8 Å². The number of aliphatic hydroxyl groups excluding tert-OH is 1. The Morgan fingerprint density at radius 1 is 1.27 bits per heavy atom. The van der Waals surface area contributed by atoms with Gasteiger partial charge in [0.25, 0.3) is 0 Å². The molecule has 0 unspecified atom stereocenters. The number of ether oxygens (including phenoxy) is 2. The molecular formula is C8H14O3. The second-order valence-electron chi connectivity index (χ2n) is 3.59. The van der Waals surface area contributed by atoms with Crippen LogP contribution in [0.1, 0.15) is 13.8 Å². The first-order chi connectivity index (χ1) is 5.20. The van der Waals surface area contributed by atoms with Crippen LogP contribution in [0.5, 0.6) is 0 Å². The minimum atomic E-state index is -0.263. The smallest absolute Gasteiger partial charge is 0.163 e. The first-order valence-corrected chi connectivity index (χ1v) is 4.15.